The molecular weight excluding hydrogens is 298 g/mol. The number of nitrogens with one attached hydrogen (secondary N) is 1. The molecule has 0 radical (unpaired) electrons. The molecular formula is C16H19N3S2. The van der Waals surface area contributed by atoms with E-state index in [0.29, 0.717) is 6.04 Å². The number of rotatable bonds is 6. The van der Waals surface area contributed by atoms with Crippen molar-refractivity contribution < 1.29 is 0 Å². The van der Waals surface area contributed by atoms with Crippen molar-refractivity contribution in [1.29, 1.82) is 0 Å². The van der Waals surface area contributed by atoms with Crippen molar-refractivity contribution in [3.05, 3.63) is 45.4 Å². The lowest BCUT2D eigenvalue weighted by Gasteiger charge is -2.15. The molecule has 0 fully saturated rings. The summed E-state index contributed by atoms with van der Waals surface area (Å²) in [4.78, 5) is 10.5. The van der Waals surface area contributed by atoms with E-state index in [1.807, 2.05) is 12.3 Å². The molecule has 0 bridgehead atoms. The summed E-state index contributed by atoms with van der Waals surface area (Å²) in [5.74, 6) is 0. The van der Waals surface area contributed by atoms with Crippen LogP contribution in [0.2, 0.25) is 0 Å². The Kier molecular flexibility index (Phi) is 4.63. The van der Waals surface area contributed by atoms with E-state index in [1.165, 1.54) is 14.6 Å². The van der Waals surface area contributed by atoms with Gasteiger partial charge in [-0.3, -0.25) is 0 Å². The SMILES string of the molecule is CCCNC(Cc1nc2ccccc2s1)c1cnc(C)s1. The molecule has 1 N–H and O–H groups in total. The van der Waals surface area contributed by atoms with E-state index < -0.39 is 0 Å². The van der Waals surface area contributed by atoms with Crippen molar-refractivity contribution in [2.24, 2.45) is 0 Å². The Morgan fingerprint density at radius 2 is 2.10 bits per heavy atom. The van der Waals surface area contributed by atoms with E-state index in [9.17, 15) is 0 Å². The Bertz CT molecular complexity index is 684. The predicted octanol–water partition coefficient (Wildman–Crippen LogP) is 4.34. The van der Waals surface area contributed by atoms with E-state index in [0.717, 1.165) is 29.9 Å². The maximum Gasteiger partial charge on any atom is 0.0957 e. The average Bonchev–Trinajstić information content (AvgIpc) is 3.08. The number of hydrogen-bond donors (Lipinski definition) is 1. The first kappa shape index (κ1) is 14.6. The zero-order valence-electron chi connectivity index (χ0n) is 12.3. The van der Waals surface area contributed by atoms with Gasteiger partial charge in [-0.15, -0.1) is 22.7 Å². The Hall–Kier alpha value is -1.30. The third kappa shape index (κ3) is 3.48. The molecule has 1 unspecified atom stereocenters. The topological polar surface area (TPSA) is 37.8 Å². The largest absolute Gasteiger partial charge is 0.309 e. The van der Waals surface area contributed by atoms with Crippen LogP contribution in [-0.2, 0) is 6.42 Å². The number of aromatic nitrogens is 2. The zero-order chi connectivity index (χ0) is 14.7. The molecule has 2 aromatic heterocycles. The van der Waals surface area contributed by atoms with Crippen LogP contribution in [-0.4, -0.2) is 16.5 Å². The van der Waals surface area contributed by atoms with Crippen molar-refractivity contribution >= 4 is 32.9 Å². The highest BCUT2D eigenvalue weighted by atomic mass is 32.1. The van der Waals surface area contributed by atoms with E-state index in [1.54, 1.807) is 22.7 Å². The quantitative estimate of drug-likeness (QED) is 0.734. The van der Waals surface area contributed by atoms with Crippen LogP contribution in [0.4, 0.5) is 0 Å². The van der Waals surface area contributed by atoms with Crippen LogP contribution in [0, 0.1) is 6.92 Å². The standard InChI is InChI=1S/C16H19N3S2/c1-3-8-17-13(15-10-18-11(2)20-15)9-16-19-12-6-4-5-7-14(12)21-16/h4-7,10,13,17H,3,8-9H2,1-2H3. The lowest BCUT2D eigenvalue weighted by molar-refractivity contribution is 0.535. The van der Waals surface area contributed by atoms with Crippen LogP contribution < -0.4 is 5.32 Å². The van der Waals surface area contributed by atoms with E-state index >= 15 is 0 Å². The number of fused-ring (bicyclic) bond motifs is 1. The second kappa shape index (κ2) is 6.64. The number of hydrogen-bond acceptors (Lipinski definition) is 5. The Balaban J connectivity index is 1.83. The zero-order valence-corrected chi connectivity index (χ0v) is 13.9. The molecule has 5 heteroatoms. The fourth-order valence-corrected chi connectivity index (χ4v) is 4.19. The number of thiazole rings is 2. The van der Waals surface area contributed by atoms with Gasteiger partial charge in [-0.1, -0.05) is 19.1 Å². The van der Waals surface area contributed by atoms with Crippen molar-refractivity contribution in [2.45, 2.75) is 32.7 Å². The Morgan fingerprint density at radius 1 is 1.24 bits per heavy atom. The highest BCUT2D eigenvalue weighted by molar-refractivity contribution is 7.18. The minimum atomic E-state index is 0.316. The summed E-state index contributed by atoms with van der Waals surface area (Å²) in [5.41, 5.74) is 1.10. The van der Waals surface area contributed by atoms with E-state index in [-0.39, 0.29) is 0 Å². The lowest BCUT2D eigenvalue weighted by Crippen LogP contribution is -2.23. The molecule has 0 saturated carbocycles. The van der Waals surface area contributed by atoms with Gasteiger partial charge in [0.25, 0.3) is 0 Å². The van der Waals surface area contributed by atoms with Crippen molar-refractivity contribution in [3.8, 4) is 0 Å². The second-order valence-corrected chi connectivity index (χ2v) is 7.45. The van der Waals surface area contributed by atoms with Crippen LogP contribution in [0.5, 0.6) is 0 Å². The van der Waals surface area contributed by atoms with Gasteiger partial charge < -0.3 is 5.32 Å². The summed E-state index contributed by atoms with van der Waals surface area (Å²) in [6.07, 6.45) is 4.07. The molecule has 21 heavy (non-hydrogen) atoms. The fourth-order valence-electron chi connectivity index (χ4n) is 2.31. The highest BCUT2D eigenvalue weighted by Gasteiger charge is 2.16. The fraction of sp³-hybridized carbons (Fsp3) is 0.375. The predicted molar refractivity (Wildman–Crippen MR) is 91.2 cm³/mol. The molecule has 3 aromatic rings. The van der Waals surface area contributed by atoms with Gasteiger partial charge in [0.2, 0.25) is 0 Å². The van der Waals surface area contributed by atoms with Gasteiger partial charge in [0.15, 0.2) is 0 Å². The summed E-state index contributed by atoms with van der Waals surface area (Å²) in [6, 6.07) is 8.66. The monoisotopic (exact) mass is 317 g/mol. The summed E-state index contributed by atoms with van der Waals surface area (Å²) in [6.45, 7) is 5.27. The number of benzene rings is 1. The number of aryl methyl sites for hydroxylation is 1. The summed E-state index contributed by atoms with van der Waals surface area (Å²) >= 11 is 3.57. The van der Waals surface area contributed by atoms with Gasteiger partial charge in [-0.05, 0) is 32.0 Å². The molecule has 0 saturated heterocycles. The van der Waals surface area contributed by atoms with Gasteiger partial charge >= 0.3 is 0 Å². The minimum Gasteiger partial charge on any atom is -0.309 e. The molecule has 3 rings (SSSR count). The van der Waals surface area contributed by atoms with E-state index in [4.69, 9.17) is 4.98 Å². The Morgan fingerprint density at radius 3 is 2.81 bits per heavy atom. The van der Waals surface area contributed by atoms with Gasteiger partial charge in [0.1, 0.15) is 0 Å². The van der Waals surface area contributed by atoms with Crippen LogP contribution in [0.3, 0.4) is 0 Å². The molecule has 1 atom stereocenters. The van der Waals surface area contributed by atoms with Crippen LogP contribution >= 0.6 is 22.7 Å². The van der Waals surface area contributed by atoms with Crippen LogP contribution in [0.25, 0.3) is 10.2 Å². The van der Waals surface area contributed by atoms with Crippen LogP contribution in [0.15, 0.2) is 30.5 Å². The molecule has 0 aliphatic heterocycles. The first-order valence-electron chi connectivity index (χ1n) is 7.26. The summed E-state index contributed by atoms with van der Waals surface area (Å²) in [5, 5.41) is 5.94. The summed E-state index contributed by atoms with van der Waals surface area (Å²) < 4.78 is 1.27. The molecule has 3 nitrogen and oxygen atoms in total. The molecule has 0 aliphatic rings. The van der Waals surface area contributed by atoms with Crippen molar-refractivity contribution in [2.75, 3.05) is 6.54 Å². The molecule has 0 amide bonds. The normalized spacial score (nSPS) is 12.9. The third-order valence-corrected chi connectivity index (χ3v) is 5.43. The first-order valence-corrected chi connectivity index (χ1v) is 8.89. The van der Waals surface area contributed by atoms with Crippen molar-refractivity contribution in [3.63, 3.8) is 0 Å². The van der Waals surface area contributed by atoms with Crippen molar-refractivity contribution in [1.82, 2.24) is 15.3 Å². The molecule has 2 heterocycles. The Labute approximate surface area is 133 Å². The minimum absolute atomic E-state index is 0.316. The number of nitrogens with zero attached hydrogens (tertiary/aromatic N) is 2. The van der Waals surface area contributed by atoms with Gasteiger partial charge in [-0.2, -0.15) is 0 Å². The van der Waals surface area contributed by atoms with E-state index in [2.05, 4.69) is 42.3 Å². The maximum atomic E-state index is 4.76. The van der Waals surface area contributed by atoms with Gasteiger partial charge in [0, 0.05) is 23.5 Å². The van der Waals surface area contributed by atoms with Gasteiger partial charge in [0.05, 0.1) is 20.2 Å². The molecule has 1 aromatic carbocycles. The molecule has 0 spiro atoms. The summed E-state index contributed by atoms with van der Waals surface area (Å²) in [7, 11) is 0. The van der Waals surface area contributed by atoms with Gasteiger partial charge in [-0.25, -0.2) is 9.97 Å². The molecule has 0 aliphatic carbocycles. The highest BCUT2D eigenvalue weighted by Crippen LogP contribution is 2.28. The lowest BCUT2D eigenvalue weighted by atomic mass is 10.2. The number of para-hydroxylation sites is 1. The second-order valence-electron chi connectivity index (χ2n) is 5.07. The first-order chi connectivity index (χ1) is 10.3. The maximum absolute atomic E-state index is 4.76. The average molecular weight is 317 g/mol. The third-order valence-electron chi connectivity index (χ3n) is 3.34. The smallest absolute Gasteiger partial charge is 0.0957 e. The molecule has 110 valence electrons. The van der Waals surface area contributed by atoms with Crippen LogP contribution in [0.1, 0.15) is 34.3 Å².